The van der Waals surface area contributed by atoms with E-state index in [2.05, 4.69) is 21.2 Å². The largest absolute Gasteiger partial charge is 0.298 e. The first-order valence-corrected chi connectivity index (χ1v) is 7.41. The summed E-state index contributed by atoms with van der Waals surface area (Å²) in [6.45, 7) is 2.03. The van der Waals surface area contributed by atoms with Gasteiger partial charge in [-0.2, -0.15) is 0 Å². The second kappa shape index (κ2) is 5.50. The monoisotopic (exact) mass is 330 g/mol. The number of carbonyl (C=O) groups is 2. The Balaban J connectivity index is 2.01. The minimum absolute atomic E-state index is 0.0930. The molecule has 2 heterocycles. The van der Waals surface area contributed by atoms with Gasteiger partial charge in [0.15, 0.2) is 0 Å². The minimum atomic E-state index is -0.261. The molecule has 0 aliphatic carbocycles. The molecule has 0 saturated carbocycles. The van der Waals surface area contributed by atoms with Gasteiger partial charge < -0.3 is 0 Å². The van der Waals surface area contributed by atoms with Crippen LogP contribution in [-0.4, -0.2) is 29.8 Å². The Hall–Kier alpha value is -0.720. The number of hydrogen-bond donors (Lipinski definition) is 1. The highest BCUT2D eigenvalue weighted by molar-refractivity contribution is 9.11. The number of thiophene rings is 1. The molecular weight excluding hydrogens is 316 g/mol. The molecule has 1 N–H and O–H groups in total. The summed E-state index contributed by atoms with van der Waals surface area (Å²) in [6.07, 6.45) is 1.01. The van der Waals surface area contributed by atoms with Crippen molar-refractivity contribution >= 4 is 39.1 Å². The molecule has 0 aromatic carbocycles. The van der Waals surface area contributed by atoms with Crippen LogP contribution in [0.25, 0.3) is 0 Å². The second-order valence-corrected chi connectivity index (χ2v) is 6.91. The molecule has 0 bridgehead atoms. The molecule has 1 saturated heterocycles. The molecule has 1 aliphatic heterocycles. The van der Waals surface area contributed by atoms with Crippen LogP contribution in [0.3, 0.4) is 0 Å². The molecule has 6 heteroatoms. The Morgan fingerprint density at radius 2 is 2.22 bits per heavy atom. The SMILES string of the molecule is CC(NC1CCC(=O)N(C)C1=O)c1ccc(Br)s1. The van der Waals surface area contributed by atoms with Gasteiger partial charge in [0.1, 0.15) is 0 Å². The van der Waals surface area contributed by atoms with Crippen molar-refractivity contribution in [2.75, 3.05) is 7.05 Å². The number of carbonyl (C=O) groups excluding carboxylic acids is 2. The Bertz CT molecular complexity index is 474. The lowest BCUT2D eigenvalue weighted by Gasteiger charge is -2.30. The van der Waals surface area contributed by atoms with E-state index in [-0.39, 0.29) is 23.9 Å². The highest BCUT2D eigenvalue weighted by atomic mass is 79.9. The smallest absolute Gasteiger partial charge is 0.246 e. The van der Waals surface area contributed by atoms with Gasteiger partial charge >= 0.3 is 0 Å². The van der Waals surface area contributed by atoms with E-state index in [4.69, 9.17) is 0 Å². The van der Waals surface area contributed by atoms with E-state index < -0.39 is 0 Å². The summed E-state index contributed by atoms with van der Waals surface area (Å²) in [5, 5.41) is 3.30. The van der Waals surface area contributed by atoms with Gasteiger partial charge in [-0.3, -0.25) is 19.8 Å². The average Bonchev–Trinajstić information content (AvgIpc) is 2.77. The van der Waals surface area contributed by atoms with Gasteiger partial charge in [0, 0.05) is 24.4 Å². The van der Waals surface area contributed by atoms with Crippen molar-refractivity contribution in [2.24, 2.45) is 0 Å². The molecule has 0 radical (unpaired) electrons. The topological polar surface area (TPSA) is 49.4 Å². The van der Waals surface area contributed by atoms with Crippen molar-refractivity contribution in [3.63, 3.8) is 0 Å². The van der Waals surface area contributed by atoms with Crippen LogP contribution in [0.5, 0.6) is 0 Å². The highest BCUT2D eigenvalue weighted by Gasteiger charge is 2.32. The predicted molar refractivity (Wildman–Crippen MR) is 74.4 cm³/mol. The summed E-state index contributed by atoms with van der Waals surface area (Å²) in [7, 11) is 1.55. The Morgan fingerprint density at radius 1 is 1.50 bits per heavy atom. The first-order valence-electron chi connectivity index (χ1n) is 5.80. The molecule has 1 aromatic heterocycles. The van der Waals surface area contributed by atoms with Gasteiger partial charge in [0.25, 0.3) is 0 Å². The van der Waals surface area contributed by atoms with Crippen LogP contribution in [0, 0.1) is 0 Å². The summed E-state index contributed by atoms with van der Waals surface area (Å²) < 4.78 is 1.08. The summed E-state index contributed by atoms with van der Waals surface area (Å²) >= 11 is 5.08. The van der Waals surface area contributed by atoms with Gasteiger partial charge in [0.2, 0.25) is 11.8 Å². The molecule has 2 rings (SSSR count). The zero-order valence-electron chi connectivity index (χ0n) is 10.3. The summed E-state index contributed by atoms with van der Waals surface area (Å²) in [4.78, 5) is 25.7. The molecule has 18 heavy (non-hydrogen) atoms. The molecule has 2 amide bonds. The van der Waals surface area contributed by atoms with Crippen LogP contribution >= 0.6 is 27.3 Å². The summed E-state index contributed by atoms with van der Waals surface area (Å²) in [5.41, 5.74) is 0. The van der Waals surface area contributed by atoms with E-state index in [0.29, 0.717) is 12.8 Å². The lowest BCUT2D eigenvalue weighted by Crippen LogP contribution is -2.51. The molecule has 1 aliphatic rings. The van der Waals surface area contributed by atoms with E-state index >= 15 is 0 Å². The van der Waals surface area contributed by atoms with Crippen LogP contribution < -0.4 is 5.32 Å². The Labute approximate surface area is 118 Å². The number of nitrogens with zero attached hydrogens (tertiary/aromatic N) is 1. The fraction of sp³-hybridized carbons (Fsp3) is 0.500. The predicted octanol–water partition coefficient (Wildman–Crippen LogP) is 2.31. The average molecular weight is 331 g/mol. The molecule has 0 spiro atoms. The molecule has 1 aromatic rings. The van der Waals surface area contributed by atoms with Crippen molar-refractivity contribution in [1.82, 2.24) is 10.2 Å². The normalized spacial score (nSPS) is 22.4. The van der Waals surface area contributed by atoms with Gasteiger partial charge in [0.05, 0.1) is 9.83 Å². The van der Waals surface area contributed by atoms with E-state index in [1.165, 1.54) is 9.78 Å². The third-order valence-corrected chi connectivity index (χ3v) is 4.93. The number of likely N-dealkylation sites (tertiary alicyclic amines) is 1. The maximum absolute atomic E-state index is 11.9. The Kier molecular flexibility index (Phi) is 4.19. The fourth-order valence-corrected chi connectivity index (χ4v) is 3.45. The second-order valence-electron chi connectivity index (χ2n) is 4.41. The van der Waals surface area contributed by atoms with Crippen molar-refractivity contribution in [2.45, 2.75) is 31.8 Å². The molecular formula is C12H15BrN2O2S. The zero-order valence-corrected chi connectivity index (χ0v) is 12.7. The van der Waals surface area contributed by atoms with Crippen molar-refractivity contribution < 1.29 is 9.59 Å². The maximum atomic E-state index is 11.9. The van der Waals surface area contributed by atoms with E-state index in [1.54, 1.807) is 18.4 Å². The van der Waals surface area contributed by atoms with Crippen molar-refractivity contribution in [3.05, 3.63) is 20.8 Å². The maximum Gasteiger partial charge on any atom is 0.246 e. The van der Waals surface area contributed by atoms with Crippen molar-refractivity contribution in [1.29, 1.82) is 0 Å². The lowest BCUT2D eigenvalue weighted by atomic mass is 10.0. The lowest BCUT2D eigenvalue weighted by molar-refractivity contribution is -0.148. The molecule has 98 valence electrons. The number of halogens is 1. The van der Waals surface area contributed by atoms with Crippen LogP contribution in [0.2, 0.25) is 0 Å². The number of likely N-dealkylation sites (N-methyl/N-ethyl adjacent to an activating group) is 1. The minimum Gasteiger partial charge on any atom is -0.298 e. The van der Waals surface area contributed by atoms with Crippen molar-refractivity contribution in [3.8, 4) is 0 Å². The number of hydrogen-bond acceptors (Lipinski definition) is 4. The first kappa shape index (κ1) is 13.7. The van der Waals surface area contributed by atoms with E-state index in [1.807, 2.05) is 19.1 Å². The van der Waals surface area contributed by atoms with Gasteiger partial charge in [-0.15, -0.1) is 11.3 Å². The number of nitrogens with one attached hydrogen (secondary N) is 1. The van der Waals surface area contributed by atoms with Gasteiger partial charge in [-0.1, -0.05) is 0 Å². The summed E-state index contributed by atoms with van der Waals surface area (Å²) in [6, 6.07) is 3.88. The number of imide groups is 1. The third-order valence-electron chi connectivity index (χ3n) is 3.12. The number of rotatable bonds is 3. The van der Waals surface area contributed by atoms with Crippen LogP contribution in [0.4, 0.5) is 0 Å². The molecule has 4 nitrogen and oxygen atoms in total. The number of amides is 2. The number of piperidine rings is 1. The third kappa shape index (κ3) is 2.81. The highest BCUT2D eigenvalue weighted by Crippen LogP contribution is 2.28. The van der Waals surface area contributed by atoms with Gasteiger partial charge in [-0.05, 0) is 41.4 Å². The molecule has 2 unspecified atom stereocenters. The summed E-state index contributed by atoms with van der Waals surface area (Å²) in [5.74, 6) is -0.224. The van der Waals surface area contributed by atoms with E-state index in [9.17, 15) is 9.59 Å². The first-order chi connectivity index (χ1) is 8.49. The Morgan fingerprint density at radius 3 is 2.83 bits per heavy atom. The standard InChI is InChI=1S/C12H15BrN2O2S/c1-7(9-4-5-10(13)18-9)14-8-3-6-11(16)15(2)12(8)17/h4-5,7-8,14H,3,6H2,1-2H3. The van der Waals surface area contributed by atoms with Crippen LogP contribution in [0.1, 0.15) is 30.7 Å². The van der Waals surface area contributed by atoms with Crippen LogP contribution in [-0.2, 0) is 9.59 Å². The zero-order chi connectivity index (χ0) is 13.3. The molecule has 1 fully saturated rings. The van der Waals surface area contributed by atoms with E-state index in [0.717, 1.165) is 3.79 Å². The fourth-order valence-electron chi connectivity index (χ4n) is 2.02. The van der Waals surface area contributed by atoms with Gasteiger partial charge in [-0.25, -0.2) is 0 Å². The quantitative estimate of drug-likeness (QED) is 0.865. The molecule has 2 atom stereocenters. The van der Waals surface area contributed by atoms with Crippen LogP contribution in [0.15, 0.2) is 15.9 Å².